The summed E-state index contributed by atoms with van der Waals surface area (Å²) in [7, 11) is 1.36. The lowest BCUT2D eigenvalue weighted by atomic mass is 9.94. The van der Waals surface area contributed by atoms with E-state index in [9.17, 15) is 9.59 Å². The molecule has 0 aromatic rings. The summed E-state index contributed by atoms with van der Waals surface area (Å²) < 4.78 is 4.67. The minimum absolute atomic E-state index is 0.0669. The number of hydrogen-bond acceptors (Lipinski definition) is 3. The molecular weight excluding hydrogens is 182 g/mol. The van der Waals surface area contributed by atoms with Crippen LogP contribution in [-0.4, -0.2) is 36.5 Å². The first-order valence-electron chi connectivity index (χ1n) is 4.77. The first kappa shape index (κ1) is 9.24. The zero-order valence-electron chi connectivity index (χ0n) is 8.16. The van der Waals surface area contributed by atoms with Crippen LogP contribution in [0.5, 0.6) is 0 Å². The van der Waals surface area contributed by atoms with Crippen molar-refractivity contribution in [2.75, 3.05) is 13.7 Å². The molecule has 2 rings (SSSR count). The molecule has 1 saturated heterocycles. The van der Waals surface area contributed by atoms with Gasteiger partial charge >= 0.3 is 5.97 Å². The Hall–Kier alpha value is -1.32. The molecule has 4 nitrogen and oxygen atoms in total. The van der Waals surface area contributed by atoms with Crippen LogP contribution in [0.15, 0.2) is 11.6 Å². The first-order valence-corrected chi connectivity index (χ1v) is 4.77. The smallest absolute Gasteiger partial charge is 0.328 e. The van der Waals surface area contributed by atoms with Crippen LogP contribution < -0.4 is 0 Å². The van der Waals surface area contributed by atoms with E-state index in [-0.39, 0.29) is 11.9 Å². The Labute approximate surface area is 82.5 Å². The number of piperidine rings is 1. The Morgan fingerprint density at radius 2 is 2.36 bits per heavy atom. The summed E-state index contributed by atoms with van der Waals surface area (Å²) in [5.41, 5.74) is 1.27. The van der Waals surface area contributed by atoms with Gasteiger partial charge in [0.05, 0.1) is 7.11 Å². The van der Waals surface area contributed by atoms with Crippen LogP contribution in [0.25, 0.3) is 0 Å². The SMILES string of the molecule is COC(=O)C1CC=C2CCC(=O)N1C2. The van der Waals surface area contributed by atoms with Crippen molar-refractivity contribution in [2.24, 2.45) is 0 Å². The van der Waals surface area contributed by atoms with Gasteiger partial charge in [-0.3, -0.25) is 4.79 Å². The summed E-state index contributed by atoms with van der Waals surface area (Å²) in [4.78, 5) is 24.5. The number of rotatable bonds is 1. The Balaban J connectivity index is 2.21. The molecule has 1 amide bonds. The second-order valence-electron chi connectivity index (χ2n) is 3.66. The van der Waals surface area contributed by atoms with E-state index in [0.717, 1.165) is 6.42 Å². The Morgan fingerprint density at radius 3 is 3.07 bits per heavy atom. The van der Waals surface area contributed by atoms with Gasteiger partial charge in [-0.25, -0.2) is 4.79 Å². The molecule has 2 bridgehead atoms. The lowest BCUT2D eigenvalue weighted by Gasteiger charge is -2.37. The Bertz CT molecular complexity index is 308. The van der Waals surface area contributed by atoms with Crippen molar-refractivity contribution >= 4 is 11.9 Å². The molecule has 14 heavy (non-hydrogen) atoms. The van der Waals surface area contributed by atoms with Gasteiger partial charge in [-0.05, 0) is 12.8 Å². The number of carbonyl (C=O) groups excluding carboxylic acids is 2. The maximum absolute atomic E-state index is 11.5. The minimum Gasteiger partial charge on any atom is -0.467 e. The third kappa shape index (κ3) is 1.41. The molecule has 2 heterocycles. The van der Waals surface area contributed by atoms with Crippen molar-refractivity contribution < 1.29 is 14.3 Å². The third-order valence-corrected chi connectivity index (χ3v) is 2.83. The molecule has 0 radical (unpaired) electrons. The normalized spacial score (nSPS) is 25.8. The van der Waals surface area contributed by atoms with E-state index in [0.29, 0.717) is 19.4 Å². The van der Waals surface area contributed by atoms with Gasteiger partial charge in [0.25, 0.3) is 0 Å². The van der Waals surface area contributed by atoms with E-state index in [1.165, 1.54) is 12.7 Å². The van der Waals surface area contributed by atoms with Gasteiger partial charge in [0.15, 0.2) is 0 Å². The van der Waals surface area contributed by atoms with E-state index >= 15 is 0 Å². The fraction of sp³-hybridized carbons (Fsp3) is 0.600. The molecule has 1 atom stereocenters. The zero-order chi connectivity index (χ0) is 10.1. The number of esters is 1. The molecule has 1 fully saturated rings. The number of methoxy groups -OCH3 is 1. The number of hydrogen-bond donors (Lipinski definition) is 0. The Kier molecular flexibility index (Phi) is 2.27. The fourth-order valence-corrected chi connectivity index (χ4v) is 2.01. The van der Waals surface area contributed by atoms with Crippen LogP contribution in [0.2, 0.25) is 0 Å². The van der Waals surface area contributed by atoms with Crippen LogP contribution in [0, 0.1) is 0 Å². The van der Waals surface area contributed by atoms with Crippen LogP contribution in [0.4, 0.5) is 0 Å². The van der Waals surface area contributed by atoms with E-state index < -0.39 is 6.04 Å². The van der Waals surface area contributed by atoms with Crippen LogP contribution in [-0.2, 0) is 14.3 Å². The van der Waals surface area contributed by atoms with Crippen molar-refractivity contribution in [3.8, 4) is 0 Å². The topological polar surface area (TPSA) is 46.6 Å². The number of fused-ring (bicyclic) bond motifs is 2. The van der Waals surface area contributed by atoms with Gasteiger partial charge in [0.2, 0.25) is 5.91 Å². The van der Waals surface area contributed by atoms with E-state index in [1.54, 1.807) is 4.90 Å². The van der Waals surface area contributed by atoms with Gasteiger partial charge in [-0.15, -0.1) is 0 Å². The van der Waals surface area contributed by atoms with Crippen LogP contribution >= 0.6 is 0 Å². The van der Waals surface area contributed by atoms with Gasteiger partial charge in [0, 0.05) is 13.0 Å². The van der Waals surface area contributed by atoms with Crippen molar-refractivity contribution in [1.82, 2.24) is 4.90 Å². The van der Waals surface area contributed by atoms with Crippen molar-refractivity contribution in [3.05, 3.63) is 11.6 Å². The highest BCUT2D eigenvalue weighted by molar-refractivity contribution is 5.86. The Morgan fingerprint density at radius 1 is 1.57 bits per heavy atom. The molecule has 76 valence electrons. The number of amides is 1. The molecular formula is C10H13NO3. The summed E-state index contributed by atoms with van der Waals surface area (Å²) >= 11 is 0. The van der Waals surface area contributed by atoms with Crippen LogP contribution in [0.3, 0.4) is 0 Å². The van der Waals surface area contributed by atoms with E-state index in [2.05, 4.69) is 10.8 Å². The lowest BCUT2D eigenvalue weighted by Crippen LogP contribution is -2.50. The van der Waals surface area contributed by atoms with Crippen molar-refractivity contribution in [3.63, 3.8) is 0 Å². The average Bonchev–Trinajstić information content (AvgIpc) is 2.23. The number of nitrogens with zero attached hydrogens (tertiary/aromatic N) is 1. The first-order chi connectivity index (χ1) is 6.72. The third-order valence-electron chi connectivity index (χ3n) is 2.83. The highest BCUT2D eigenvalue weighted by Crippen LogP contribution is 2.26. The number of ether oxygens (including phenoxy) is 1. The summed E-state index contributed by atoms with van der Waals surface area (Å²) in [6.07, 6.45) is 4.04. The highest BCUT2D eigenvalue weighted by Gasteiger charge is 2.35. The molecule has 0 aliphatic carbocycles. The fourth-order valence-electron chi connectivity index (χ4n) is 2.01. The van der Waals surface area contributed by atoms with Crippen molar-refractivity contribution in [1.29, 1.82) is 0 Å². The molecule has 0 N–H and O–H groups in total. The number of carbonyl (C=O) groups is 2. The van der Waals surface area contributed by atoms with Gasteiger partial charge in [-0.2, -0.15) is 0 Å². The quantitative estimate of drug-likeness (QED) is 0.451. The van der Waals surface area contributed by atoms with Gasteiger partial charge in [-0.1, -0.05) is 11.6 Å². The van der Waals surface area contributed by atoms with Crippen LogP contribution in [0.1, 0.15) is 19.3 Å². The lowest BCUT2D eigenvalue weighted by molar-refractivity contribution is -0.153. The average molecular weight is 195 g/mol. The van der Waals surface area contributed by atoms with Gasteiger partial charge < -0.3 is 9.64 Å². The zero-order valence-corrected chi connectivity index (χ0v) is 8.16. The van der Waals surface area contributed by atoms with Gasteiger partial charge in [0.1, 0.15) is 6.04 Å². The predicted molar refractivity (Wildman–Crippen MR) is 49.5 cm³/mol. The maximum Gasteiger partial charge on any atom is 0.328 e. The molecule has 2 aliphatic rings. The van der Waals surface area contributed by atoms with Crippen molar-refractivity contribution in [2.45, 2.75) is 25.3 Å². The molecule has 0 spiro atoms. The molecule has 2 aliphatic heterocycles. The summed E-state index contributed by atoms with van der Waals surface area (Å²) in [5.74, 6) is -0.243. The van der Waals surface area contributed by atoms with E-state index in [1.807, 2.05) is 0 Å². The molecule has 0 saturated carbocycles. The maximum atomic E-state index is 11.5. The summed E-state index contributed by atoms with van der Waals surface area (Å²) in [6.45, 7) is 0.610. The summed E-state index contributed by atoms with van der Waals surface area (Å²) in [5, 5.41) is 0. The highest BCUT2D eigenvalue weighted by atomic mass is 16.5. The largest absolute Gasteiger partial charge is 0.467 e. The van der Waals surface area contributed by atoms with E-state index in [4.69, 9.17) is 0 Å². The molecule has 0 aromatic carbocycles. The predicted octanol–water partition coefficient (Wildman–Crippen LogP) is 0.480. The summed E-state index contributed by atoms with van der Waals surface area (Å²) in [6, 6.07) is -0.392. The second kappa shape index (κ2) is 3.44. The monoisotopic (exact) mass is 195 g/mol. The molecule has 4 heteroatoms. The second-order valence-corrected chi connectivity index (χ2v) is 3.66. The molecule has 0 aromatic heterocycles. The molecule has 1 unspecified atom stereocenters. The minimum atomic E-state index is -0.392. The standard InChI is InChI=1S/C10H13NO3/c1-14-10(13)8-4-2-7-3-5-9(12)11(8)6-7/h2,8H,3-6H2,1H3.